The normalized spacial score (nSPS) is 12.2. The SMILES string of the molecule is Cc1cc(CCCCCCCOC(C)(C)C)cc2nonc12. The minimum atomic E-state index is -0.00746. The van der Waals surface area contributed by atoms with Crippen LogP contribution in [0.5, 0.6) is 0 Å². The lowest BCUT2D eigenvalue weighted by molar-refractivity contribution is -0.00474. The monoisotopic (exact) mass is 304 g/mol. The molecule has 0 saturated carbocycles. The predicted molar refractivity (Wildman–Crippen MR) is 89.0 cm³/mol. The van der Waals surface area contributed by atoms with Gasteiger partial charge in [0.1, 0.15) is 11.0 Å². The first-order valence-corrected chi connectivity index (χ1v) is 8.31. The van der Waals surface area contributed by atoms with Crippen LogP contribution in [-0.4, -0.2) is 22.5 Å². The van der Waals surface area contributed by atoms with Gasteiger partial charge in [0.2, 0.25) is 0 Å². The molecule has 0 amide bonds. The summed E-state index contributed by atoms with van der Waals surface area (Å²) >= 11 is 0. The van der Waals surface area contributed by atoms with Crippen molar-refractivity contribution in [2.24, 2.45) is 0 Å². The van der Waals surface area contributed by atoms with Crippen LogP contribution in [0.3, 0.4) is 0 Å². The van der Waals surface area contributed by atoms with Gasteiger partial charge in [0, 0.05) is 6.61 Å². The Bertz CT molecular complexity index is 584. The highest BCUT2D eigenvalue weighted by Crippen LogP contribution is 2.19. The fourth-order valence-electron chi connectivity index (χ4n) is 2.61. The maximum absolute atomic E-state index is 5.73. The summed E-state index contributed by atoms with van der Waals surface area (Å²) in [7, 11) is 0. The van der Waals surface area contributed by atoms with E-state index in [1.807, 2.05) is 0 Å². The van der Waals surface area contributed by atoms with Crippen molar-refractivity contribution in [1.82, 2.24) is 10.3 Å². The third kappa shape index (κ3) is 5.41. The molecule has 0 fully saturated rings. The minimum absolute atomic E-state index is 0.00746. The number of ether oxygens (including phenoxy) is 1. The first-order chi connectivity index (χ1) is 10.5. The molecule has 4 nitrogen and oxygen atoms in total. The second kappa shape index (κ2) is 7.73. The first-order valence-electron chi connectivity index (χ1n) is 8.31. The van der Waals surface area contributed by atoms with Crippen molar-refractivity contribution in [2.75, 3.05) is 6.61 Å². The number of aryl methyl sites for hydroxylation is 2. The van der Waals surface area contributed by atoms with E-state index in [1.165, 1.54) is 31.2 Å². The molecule has 0 aliphatic rings. The molecular weight excluding hydrogens is 276 g/mol. The summed E-state index contributed by atoms with van der Waals surface area (Å²) < 4.78 is 10.5. The Balaban J connectivity index is 1.62. The van der Waals surface area contributed by atoms with Crippen molar-refractivity contribution in [2.45, 2.75) is 71.8 Å². The number of unbranched alkanes of at least 4 members (excludes halogenated alkanes) is 4. The van der Waals surface area contributed by atoms with Crippen molar-refractivity contribution in [3.63, 3.8) is 0 Å². The summed E-state index contributed by atoms with van der Waals surface area (Å²) in [4.78, 5) is 0. The Morgan fingerprint density at radius 1 is 1.00 bits per heavy atom. The lowest BCUT2D eigenvalue weighted by atomic mass is 10.0. The summed E-state index contributed by atoms with van der Waals surface area (Å²) in [6, 6.07) is 4.29. The number of hydrogen-bond acceptors (Lipinski definition) is 4. The molecule has 2 rings (SSSR count). The van der Waals surface area contributed by atoms with E-state index in [-0.39, 0.29) is 5.60 Å². The molecule has 0 atom stereocenters. The van der Waals surface area contributed by atoms with Gasteiger partial charge in [-0.05, 0) is 74.5 Å². The largest absolute Gasteiger partial charge is 0.376 e. The third-order valence-electron chi connectivity index (χ3n) is 3.76. The van der Waals surface area contributed by atoms with Gasteiger partial charge in [0.15, 0.2) is 0 Å². The smallest absolute Gasteiger partial charge is 0.138 e. The van der Waals surface area contributed by atoms with Gasteiger partial charge in [-0.25, -0.2) is 4.63 Å². The van der Waals surface area contributed by atoms with Crippen LogP contribution in [0.2, 0.25) is 0 Å². The number of fused-ring (bicyclic) bond motifs is 1. The molecule has 0 N–H and O–H groups in total. The second-order valence-corrected chi connectivity index (χ2v) is 7.02. The average Bonchev–Trinajstić information content (AvgIpc) is 2.89. The molecule has 1 heterocycles. The lowest BCUT2D eigenvalue weighted by Gasteiger charge is -2.19. The number of rotatable bonds is 8. The van der Waals surface area contributed by atoms with E-state index in [0.29, 0.717) is 0 Å². The van der Waals surface area contributed by atoms with Crippen LogP contribution in [0.4, 0.5) is 0 Å². The van der Waals surface area contributed by atoms with Crippen molar-refractivity contribution in [3.8, 4) is 0 Å². The summed E-state index contributed by atoms with van der Waals surface area (Å²) in [5.74, 6) is 0. The molecule has 1 aromatic carbocycles. The number of hydrogen-bond donors (Lipinski definition) is 0. The summed E-state index contributed by atoms with van der Waals surface area (Å²) in [5, 5.41) is 7.85. The van der Waals surface area contributed by atoms with Crippen LogP contribution >= 0.6 is 0 Å². The first kappa shape index (κ1) is 16.9. The van der Waals surface area contributed by atoms with Gasteiger partial charge in [-0.2, -0.15) is 0 Å². The molecule has 0 aliphatic carbocycles. The molecule has 0 bridgehead atoms. The van der Waals surface area contributed by atoms with E-state index >= 15 is 0 Å². The molecule has 4 heteroatoms. The van der Waals surface area contributed by atoms with Gasteiger partial charge < -0.3 is 4.74 Å². The Kier molecular flexibility index (Phi) is 5.95. The molecule has 0 spiro atoms. The van der Waals surface area contributed by atoms with E-state index in [4.69, 9.17) is 9.37 Å². The molecule has 22 heavy (non-hydrogen) atoms. The van der Waals surface area contributed by atoms with Crippen LogP contribution in [0, 0.1) is 6.92 Å². The second-order valence-electron chi connectivity index (χ2n) is 7.02. The lowest BCUT2D eigenvalue weighted by Crippen LogP contribution is -2.19. The van der Waals surface area contributed by atoms with Gasteiger partial charge in [-0.15, -0.1) is 0 Å². The van der Waals surface area contributed by atoms with E-state index in [9.17, 15) is 0 Å². The van der Waals surface area contributed by atoms with E-state index in [0.717, 1.165) is 36.0 Å². The highest BCUT2D eigenvalue weighted by atomic mass is 16.6. The Hall–Kier alpha value is -1.42. The highest BCUT2D eigenvalue weighted by molar-refractivity contribution is 5.77. The van der Waals surface area contributed by atoms with E-state index < -0.39 is 0 Å². The van der Waals surface area contributed by atoms with Crippen molar-refractivity contribution >= 4 is 11.0 Å². The fraction of sp³-hybridized carbons (Fsp3) is 0.667. The molecule has 0 aliphatic heterocycles. The van der Waals surface area contributed by atoms with Crippen molar-refractivity contribution < 1.29 is 9.37 Å². The van der Waals surface area contributed by atoms with Crippen LogP contribution in [0.25, 0.3) is 11.0 Å². The molecule has 0 radical (unpaired) electrons. The zero-order chi connectivity index (χ0) is 16.0. The Labute approximate surface area is 133 Å². The third-order valence-corrected chi connectivity index (χ3v) is 3.76. The molecule has 1 aromatic heterocycles. The van der Waals surface area contributed by atoms with Crippen molar-refractivity contribution in [3.05, 3.63) is 23.3 Å². The summed E-state index contributed by atoms with van der Waals surface area (Å²) in [5.41, 5.74) is 4.22. The Morgan fingerprint density at radius 3 is 2.50 bits per heavy atom. The Morgan fingerprint density at radius 2 is 1.73 bits per heavy atom. The topological polar surface area (TPSA) is 48.2 Å². The minimum Gasteiger partial charge on any atom is -0.376 e. The van der Waals surface area contributed by atoms with Crippen molar-refractivity contribution in [1.29, 1.82) is 0 Å². The zero-order valence-electron chi connectivity index (χ0n) is 14.3. The van der Waals surface area contributed by atoms with Crippen LogP contribution in [-0.2, 0) is 11.2 Å². The summed E-state index contributed by atoms with van der Waals surface area (Å²) in [6.45, 7) is 9.26. The number of aromatic nitrogens is 2. The molecular formula is C18H28N2O2. The van der Waals surface area contributed by atoms with Crippen LogP contribution in [0.15, 0.2) is 16.8 Å². The van der Waals surface area contributed by atoms with Gasteiger partial charge in [0.05, 0.1) is 5.60 Å². The molecule has 0 saturated heterocycles. The molecule has 122 valence electrons. The zero-order valence-corrected chi connectivity index (χ0v) is 14.3. The van der Waals surface area contributed by atoms with E-state index in [1.54, 1.807) is 0 Å². The van der Waals surface area contributed by atoms with Crippen LogP contribution in [0.1, 0.15) is 64.0 Å². The van der Waals surface area contributed by atoms with Gasteiger partial charge in [-0.3, -0.25) is 0 Å². The fourth-order valence-corrected chi connectivity index (χ4v) is 2.61. The van der Waals surface area contributed by atoms with Gasteiger partial charge in [-0.1, -0.05) is 25.3 Å². The van der Waals surface area contributed by atoms with Gasteiger partial charge >= 0.3 is 0 Å². The standard InChI is InChI=1S/C18H28N2O2/c1-14-12-15(13-16-17(14)20-22-19-16)10-8-6-5-7-9-11-21-18(2,3)4/h12-13H,5-11H2,1-4H3. The van der Waals surface area contributed by atoms with Crippen LogP contribution < -0.4 is 0 Å². The average molecular weight is 304 g/mol. The highest BCUT2D eigenvalue weighted by Gasteiger charge is 2.09. The quantitative estimate of drug-likeness (QED) is 0.655. The summed E-state index contributed by atoms with van der Waals surface area (Å²) in [6.07, 6.45) is 7.27. The number of nitrogens with zero attached hydrogens (tertiary/aromatic N) is 2. The van der Waals surface area contributed by atoms with Gasteiger partial charge in [0.25, 0.3) is 0 Å². The molecule has 0 unspecified atom stereocenters. The molecule has 2 aromatic rings. The predicted octanol–water partition coefficient (Wildman–Crippen LogP) is 4.84. The maximum atomic E-state index is 5.73. The number of benzene rings is 1. The van der Waals surface area contributed by atoms with E-state index in [2.05, 4.69) is 50.1 Å². The maximum Gasteiger partial charge on any atom is 0.138 e.